The zero-order valence-corrected chi connectivity index (χ0v) is 10.3. The van der Waals surface area contributed by atoms with Crippen LogP contribution >= 0.6 is 0 Å². The summed E-state index contributed by atoms with van der Waals surface area (Å²) < 4.78 is 6.73. The first kappa shape index (κ1) is 12.2. The second kappa shape index (κ2) is 5.39. The molecule has 0 saturated heterocycles. The zero-order chi connectivity index (χ0) is 13.0. The number of ketones is 1. The fourth-order valence-corrected chi connectivity index (χ4v) is 1.68. The molecular weight excluding hydrogens is 232 g/mol. The number of pyridine rings is 1. The van der Waals surface area contributed by atoms with Gasteiger partial charge in [-0.2, -0.15) is 0 Å². The Hall–Kier alpha value is -2.24. The summed E-state index contributed by atoms with van der Waals surface area (Å²) in [5, 5.41) is 7.68. The van der Waals surface area contributed by atoms with Gasteiger partial charge >= 0.3 is 0 Å². The van der Waals surface area contributed by atoms with Crippen LogP contribution in [0.25, 0.3) is 0 Å². The maximum absolute atomic E-state index is 12.4. The monoisotopic (exact) mass is 246 g/mol. The van der Waals surface area contributed by atoms with Crippen LogP contribution in [0.2, 0.25) is 0 Å². The number of hydrogen-bond acceptors (Lipinski definition) is 5. The minimum Gasteiger partial charge on any atom is -0.494 e. The molecule has 0 amide bonds. The van der Waals surface area contributed by atoms with Crippen LogP contribution in [-0.2, 0) is 6.54 Å². The van der Waals surface area contributed by atoms with Crippen LogP contribution in [0, 0.1) is 0 Å². The van der Waals surface area contributed by atoms with Gasteiger partial charge in [-0.25, -0.2) is 4.68 Å². The number of nitrogens with zero attached hydrogens (tertiary/aromatic N) is 4. The molecule has 0 N–H and O–H groups in total. The number of hydrogen-bond donors (Lipinski definition) is 0. The van der Waals surface area contributed by atoms with Gasteiger partial charge in [0.1, 0.15) is 11.4 Å². The van der Waals surface area contributed by atoms with E-state index >= 15 is 0 Å². The van der Waals surface area contributed by atoms with Crippen molar-refractivity contribution in [3.8, 4) is 5.75 Å². The van der Waals surface area contributed by atoms with Crippen LogP contribution < -0.4 is 4.74 Å². The van der Waals surface area contributed by atoms with Gasteiger partial charge in [0.2, 0.25) is 5.78 Å². The van der Waals surface area contributed by atoms with Crippen molar-refractivity contribution in [2.24, 2.45) is 0 Å². The fourth-order valence-electron chi connectivity index (χ4n) is 1.68. The summed E-state index contributed by atoms with van der Waals surface area (Å²) in [6, 6.07) is 1.63. The molecule has 0 spiro atoms. The summed E-state index contributed by atoms with van der Waals surface area (Å²) in [5.74, 6) is 0.291. The molecule has 2 aromatic heterocycles. The van der Waals surface area contributed by atoms with E-state index in [9.17, 15) is 4.79 Å². The average molecular weight is 246 g/mol. The molecule has 0 radical (unpaired) electrons. The highest BCUT2D eigenvalue weighted by Gasteiger charge is 2.18. The quantitative estimate of drug-likeness (QED) is 0.744. The van der Waals surface area contributed by atoms with Gasteiger partial charge in [-0.15, -0.1) is 5.10 Å². The predicted octanol–water partition coefficient (Wildman–Crippen LogP) is 1.32. The van der Waals surface area contributed by atoms with Crippen LogP contribution in [-0.4, -0.2) is 32.9 Å². The third-order valence-electron chi connectivity index (χ3n) is 2.53. The number of aromatic nitrogens is 4. The number of ether oxygens (including phenoxy) is 1. The molecule has 94 valence electrons. The van der Waals surface area contributed by atoms with E-state index in [2.05, 4.69) is 15.3 Å². The molecule has 2 aromatic rings. The van der Waals surface area contributed by atoms with Gasteiger partial charge in [0, 0.05) is 12.7 Å². The van der Waals surface area contributed by atoms with E-state index in [1.54, 1.807) is 16.9 Å². The Kier molecular flexibility index (Phi) is 3.66. The van der Waals surface area contributed by atoms with Crippen molar-refractivity contribution in [2.75, 3.05) is 7.11 Å². The summed E-state index contributed by atoms with van der Waals surface area (Å²) in [6.07, 6.45) is 5.43. The summed E-state index contributed by atoms with van der Waals surface area (Å²) in [4.78, 5) is 16.3. The van der Waals surface area contributed by atoms with E-state index in [0.717, 1.165) is 6.42 Å². The van der Waals surface area contributed by atoms with Crippen LogP contribution in [0.1, 0.15) is 29.4 Å². The van der Waals surface area contributed by atoms with E-state index in [1.807, 2.05) is 6.92 Å². The molecule has 2 rings (SSSR count). The molecule has 0 aromatic carbocycles. The molecule has 0 atom stereocenters. The minimum atomic E-state index is -0.160. The highest BCUT2D eigenvalue weighted by atomic mass is 16.5. The number of carbonyl (C=O) groups is 1. The lowest BCUT2D eigenvalue weighted by molar-refractivity contribution is 0.102. The Bertz CT molecular complexity index is 551. The molecule has 6 heteroatoms. The Labute approximate surface area is 105 Å². The molecule has 0 aliphatic rings. The number of carbonyl (C=O) groups excluding carboxylic acids is 1. The predicted molar refractivity (Wildman–Crippen MR) is 64.5 cm³/mol. The Morgan fingerprint density at radius 2 is 2.28 bits per heavy atom. The SMILES string of the molecule is CCCn1nncc1C(=O)c1ccncc1OC. The van der Waals surface area contributed by atoms with Gasteiger partial charge in [0.05, 0.1) is 25.1 Å². The topological polar surface area (TPSA) is 69.9 Å². The Morgan fingerprint density at radius 1 is 1.44 bits per heavy atom. The number of methoxy groups -OCH3 is 1. The van der Waals surface area contributed by atoms with Crippen molar-refractivity contribution in [1.82, 2.24) is 20.0 Å². The maximum atomic E-state index is 12.4. The van der Waals surface area contributed by atoms with Crippen molar-refractivity contribution in [1.29, 1.82) is 0 Å². The molecular formula is C12H14N4O2. The van der Waals surface area contributed by atoms with Crippen molar-refractivity contribution in [3.63, 3.8) is 0 Å². The number of rotatable bonds is 5. The first-order valence-corrected chi connectivity index (χ1v) is 5.69. The van der Waals surface area contributed by atoms with Crippen LogP contribution in [0.5, 0.6) is 5.75 Å². The summed E-state index contributed by atoms with van der Waals surface area (Å²) in [5.41, 5.74) is 0.925. The van der Waals surface area contributed by atoms with Crippen molar-refractivity contribution >= 4 is 5.78 Å². The van der Waals surface area contributed by atoms with Crippen molar-refractivity contribution in [2.45, 2.75) is 19.9 Å². The second-order valence-corrected chi connectivity index (χ2v) is 3.75. The summed E-state index contributed by atoms with van der Waals surface area (Å²) in [7, 11) is 1.51. The van der Waals surface area contributed by atoms with Gasteiger partial charge in [-0.05, 0) is 12.5 Å². The number of aryl methyl sites for hydroxylation is 1. The molecule has 0 saturated carbocycles. The van der Waals surface area contributed by atoms with E-state index < -0.39 is 0 Å². The molecule has 0 aliphatic carbocycles. The van der Waals surface area contributed by atoms with Gasteiger partial charge in [-0.1, -0.05) is 12.1 Å². The minimum absolute atomic E-state index is 0.160. The zero-order valence-electron chi connectivity index (χ0n) is 10.3. The van der Waals surface area contributed by atoms with E-state index in [4.69, 9.17) is 4.74 Å². The fraction of sp³-hybridized carbons (Fsp3) is 0.333. The third kappa shape index (κ3) is 2.22. The highest BCUT2D eigenvalue weighted by molar-refractivity contribution is 6.09. The first-order chi connectivity index (χ1) is 8.77. The second-order valence-electron chi connectivity index (χ2n) is 3.75. The molecule has 0 unspecified atom stereocenters. The summed E-state index contributed by atoms with van der Waals surface area (Å²) in [6.45, 7) is 2.68. The van der Waals surface area contributed by atoms with Crippen LogP contribution in [0.4, 0.5) is 0 Å². The first-order valence-electron chi connectivity index (χ1n) is 5.69. The largest absolute Gasteiger partial charge is 0.494 e. The molecule has 0 bridgehead atoms. The van der Waals surface area contributed by atoms with Gasteiger partial charge in [-0.3, -0.25) is 9.78 Å². The smallest absolute Gasteiger partial charge is 0.216 e. The van der Waals surface area contributed by atoms with Crippen LogP contribution in [0.3, 0.4) is 0 Å². The maximum Gasteiger partial charge on any atom is 0.216 e. The van der Waals surface area contributed by atoms with E-state index in [1.165, 1.54) is 19.5 Å². The highest BCUT2D eigenvalue weighted by Crippen LogP contribution is 2.19. The van der Waals surface area contributed by atoms with Crippen molar-refractivity contribution in [3.05, 3.63) is 35.9 Å². The molecule has 0 aliphatic heterocycles. The van der Waals surface area contributed by atoms with Gasteiger partial charge in [0.25, 0.3) is 0 Å². The standard InChI is InChI=1S/C12H14N4O2/c1-3-6-16-10(7-14-15-16)12(17)9-4-5-13-8-11(9)18-2/h4-5,7-8H,3,6H2,1-2H3. The van der Waals surface area contributed by atoms with E-state index in [0.29, 0.717) is 23.6 Å². The lowest BCUT2D eigenvalue weighted by atomic mass is 10.1. The molecule has 18 heavy (non-hydrogen) atoms. The van der Waals surface area contributed by atoms with Gasteiger partial charge in [0.15, 0.2) is 0 Å². The molecule has 0 fully saturated rings. The lowest BCUT2D eigenvalue weighted by Gasteiger charge is -2.07. The lowest BCUT2D eigenvalue weighted by Crippen LogP contribution is -2.12. The Balaban J connectivity index is 2.38. The third-order valence-corrected chi connectivity index (χ3v) is 2.53. The normalized spacial score (nSPS) is 10.3. The molecule has 6 nitrogen and oxygen atoms in total. The van der Waals surface area contributed by atoms with Crippen molar-refractivity contribution < 1.29 is 9.53 Å². The van der Waals surface area contributed by atoms with E-state index in [-0.39, 0.29) is 5.78 Å². The van der Waals surface area contributed by atoms with Gasteiger partial charge < -0.3 is 4.74 Å². The molecule has 2 heterocycles. The van der Waals surface area contributed by atoms with Crippen LogP contribution in [0.15, 0.2) is 24.7 Å². The Morgan fingerprint density at radius 3 is 3.00 bits per heavy atom. The summed E-state index contributed by atoms with van der Waals surface area (Å²) >= 11 is 0. The average Bonchev–Trinajstić information content (AvgIpc) is 2.86.